The number of H-pyrrole nitrogens is 1. The first-order valence-corrected chi connectivity index (χ1v) is 9.38. The van der Waals surface area contributed by atoms with Gasteiger partial charge in [-0.3, -0.25) is 5.10 Å². The Hall–Kier alpha value is -1.33. The fourth-order valence-electron chi connectivity index (χ4n) is 3.05. The predicted molar refractivity (Wildman–Crippen MR) is 99.0 cm³/mol. The zero-order chi connectivity index (χ0) is 16.9. The van der Waals surface area contributed by atoms with Gasteiger partial charge in [0.25, 0.3) is 0 Å². The molecule has 2 N–H and O–H groups in total. The minimum absolute atomic E-state index is 0.0871. The van der Waals surface area contributed by atoms with E-state index in [1.54, 1.807) is 0 Å². The van der Waals surface area contributed by atoms with Crippen molar-refractivity contribution in [3.63, 3.8) is 0 Å². The largest absolute Gasteiger partial charge is 0.475 e. The average molecular weight is 392 g/mol. The summed E-state index contributed by atoms with van der Waals surface area (Å²) >= 11 is 3.57. The number of hydrogen-bond acceptors (Lipinski definition) is 3. The van der Waals surface area contributed by atoms with E-state index in [0.717, 1.165) is 15.7 Å². The predicted octanol–water partition coefficient (Wildman–Crippen LogP) is 4.71. The van der Waals surface area contributed by atoms with Gasteiger partial charge in [-0.1, -0.05) is 31.2 Å². The van der Waals surface area contributed by atoms with Gasteiger partial charge in [0.05, 0.1) is 12.3 Å². The number of aromatic amines is 1. The second-order valence-electron chi connectivity index (χ2n) is 6.58. The third-order valence-corrected chi connectivity index (χ3v) is 5.34. The molecular formula is C19H24BrN2O2. The Labute approximate surface area is 151 Å². The summed E-state index contributed by atoms with van der Waals surface area (Å²) in [5.41, 5.74) is 3.44. The number of ether oxygens (including phenoxy) is 1. The maximum atomic E-state index is 9.08. The maximum Gasteiger partial charge on any atom is 0.247 e. The maximum absolute atomic E-state index is 9.08. The molecule has 0 spiro atoms. The van der Waals surface area contributed by atoms with Crippen molar-refractivity contribution in [2.24, 2.45) is 5.92 Å². The van der Waals surface area contributed by atoms with Crippen LogP contribution in [0.4, 0.5) is 0 Å². The molecule has 5 heteroatoms. The smallest absolute Gasteiger partial charge is 0.247 e. The van der Waals surface area contributed by atoms with Crippen molar-refractivity contribution in [1.82, 2.24) is 10.2 Å². The van der Waals surface area contributed by atoms with Gasteiger partial charge in [-0.05, 0) is 59.5 Å². The number of aromatic nitrogens is 2. The third-order valence-electron chi connectivity index (χ3n) is 4.60. The van der Waals surface area contributed by atoms with Crippen LogP contribution in [0.3, 0.4) is 0 Å². The molecule has 1 aliphatic carbocycles. The highest BCUT2D eigenvalue weighted by atomic mass is 79.9. The molecular weight excluding hydrogens is 368 g/mol. The molecule has 1 saturated carbocycles. The summed E-state index contributed by atoms with van der Waals surface area (Å²) in [5, 5.41) is 16.3. The van der Waals surface area contributed by atoms with Gasteiger partial charge in [-0.15, -0.1) is 5.10 Å². The normalized spacial score (nSPS) is 17.0. The first-order valence-electron chi connectivity index (χ1n) is 8.58. The molecule has 129 valence electrons. The van der Waals surface area contributed by atoms with E-state index < -0.39 is 0 Å². The van der Waals surface area contributed by atoms with Crippen molar-refractivity contribution in [3.05, 3.63) is 40.7 Å². The summed E-state index contributed by atoms with van der Waals surface area (Å²) < 4.78 is 6.48. The highest BCUT2D eigenvalue weighted by molar-refractivity contribution is 9.10. The highest BCUT2D eigenvalue weighted by Gasteiger charge is 2.17. The molecule has 24 heavy (non-hydrogen) atoms. The van der Waals surface area contributed by atoms with E-state index in [2.05, 4.69) is 56.8 Å². The van der Waals surface area contributed by atoms with Crippen molar-refractivity contribution >= 4 is 15.9 Å². The zero-order valence-electron chi connectivity index (χ0n) is 14.0. The molecule has 0 unspecified atom stereocenters. The SMILES string of the molecule is C[C@H](CO)COc1n[nH]c(-c2ccc(C3CC[CH]CC3)cc2)c1Br. The van der Waals surface area contributed by atoms with E-state index >= 15 is 0 Å². The Morgan fingerprint density at radius 2 is 2.00 bits per heavy atom. The van der Waals surface area contributed by atoms with Gasteiger partial charge in [-0.25, -0.2) is 0 Å². The lowest BCUT2D eigenvalue weighted by Crippen LogP contribution is -2.12. The highest BCUT2D eigenvalue weighted by Crippen LogP contribution is 2.36. The number of benzene rings is 1. The molecule has 0 bridgehead atoms. The molecule has 1 aromatic heterocycles. The molecule has 2 aromatic rings. The molecule has 3 rings (SSSR count). The van der Waals surface area contributed by atoms with Crippen LogP contribution in [0, 0.1) is 12.3 Å². The summed E-state index contributed by atoms with van der Waals surface area (Å²) in [7, 11) is 0. The van der Waals surface area contributed by atoms with Gasteiger partial charge in [0, 0.05) is 18.1 Å². The second kappa shape index (κ2) is 8.17. The first-order chi connectivity index (χ1) is 11.7. The van der Waals surface area contributed by atoms with Crippen LogP contribution in [-0.4, -0.2) is 28.5 Å². The van der Waals surface area contributed by atoms with Crippen molar-refractivity contribution in [2.75, 3.05) is 13.2 Å². The third kappa shape index (κ3) is 4.01. The van der Waals surface area contributed by atoms with Crippen molar-refractivity contribution in [3.8, 4) is 17.1 Å². The van der Waals surface area contributed by atoms with Crippen LogP contribution in [0.2, 0.25) is 0 Å². The molecule has 1 radical (unpaired) electrons. The second-order valence-corrected chi connectivity index (χ2v) is 7.37. The van der Waals surface area contributed by atoms with Crippen molar-refractivity contribution in [1.29, 1.82) is 0 Å². The standard InChI is InChI=1S/C19H24BrN2O2/c1-13(11-23)12-24-19-17(20)18(21-22-19)16-9-7-15(8-10-16)14-5-3-2-4-6-14/h2,7-10,13-14,23H,3-6,11-12H2,1H3,(H,21,22)/t13-/m1/s1. The number of nitrogens with zero attached hydrogens (tertiary/aromatic N) is 1. The lowest BCUT2D eigenvalue weighted by molar-refractivity contribution is 0.170. The molecule has 1 aromatic carbocycles. The van der Waals surface area contributed by atoms with Crippen molar-refractivity contribution in [2.45, 2.75) is 38.5 Å². The van der Waals surface area contributed by atoms with Gasteiger partial charge in [0.2, 0.25) is 5.88 Å². The van der Waals surface area contributed by atoms with E-state index in [0.29, 0.717) is 18.4 Å². The van der Waals surface area contributed by atoms with E-state index in [1.165, 1.54) is 31.2 Å². The lowest BCUT2D eigenvalue weighted by atomic mass is 9.84. The Morgan fingerprint density at radius 3 is 2.67 bits per heavy atom. The minimum atomic E-state index is 0.0871. The molecule has 1 aliphatic rings. The van der Waals surface area contributed by atoms with Gasteiger partial charge in [-0.2, -0.15) is 0 Å². The fraction of sp³-hybridized carbons (Fsp3) is 0.474. The van der Waals surface area contributed by atoms with Crippen LogP contribution in [0.1, 0.15) is 44.1 Å². The monoisotopic (exact) mass is 391 g/mol. The summed E-state index contributed by atoms with van der Waals surface area (Å²) in [4.78, 5) is 0. The number of aliphatic hydroxyl groups is 1. The first kappa shape index (κ1) is 17.5. The Kier molecular flexibility index (Phi) is 5.95. The summed E-state index contributed by atoms with van der Waals surface area (Å²) in [6.07, 6.45) is 7.37. The summed E-state index contributed by atoms with van der Waals surface area (Å²) in [6, 6.07) is 8.75. The summed E-state index contributed by atoms with van der Waals surface area (Å²) in [5.74, 6) is 1.31. The van der Waals surface area contributed by atoms with Gasteiger partial charge in [0.1, 0.15) is 4.47 Å². The minimum Gasteiger partial charge on any atom is -0.475 e. The molecule has 4 nitrogen and oxygen atoms in total. The number of nitrogens with one attached hydrogen (secondary N) is 1. The molecule has 1 fully saturated rings. The topological polar surface area (TPSA) is 58.1 Å². The van der Waals surface area contributed by atoms with Gasteiger partial charge in [0.15, 0.2) is 0 Å². The molecule has 0 aliphatic heterocycles. The van der Waals surface area contributed by atoms with Crippen LogP contribution in [0.5, 0.6) is 5.88 Å². The number of halogens is 1. The van der Waals surface area contributed by atoms with Crippen LogP contribution >= 0.6 is 15.9 Å². The number of aliphatic hydroxyl groups excluding tert-OH is 1. The van der Waals surface area contributed by atoms with Gasteiger partial charge >= 0.3 is 0 Å². The van der Waals surface area contributed by atoms with E-state index in [9.17, 15) is 0 Å². The van der Waals surface area contributed by atoms with E-state index in [1.807, 2.05) is 6.92 Å². The quantitative estimate of drug-likeness (QED) is 0.749. The molecule has 0 saturated heterocycles. The van der Waals surface area contributed by atoms with Crippen LogP contribution in [-0.2, 0) is 0 Å². The Morgan fingerprint density at radius 1 is 1.29 bits per heavy atom. The van der Waals surface area contributed by atoms with Crippen molar-refractivity contribution < 1.29 is 9.84 Å². The molecule has 0 amide bonds. The molecule has 1 heterocycles. The number of rotatable bonds is 6. The van der Waals surface area contributed by atoms with E-state index in [4.69, 9.17) is 9.84 Å². The van der Waals surface area contributed by atoms with Crippen LogP contribution in [0.25, 0.3) is 11.3 Å². The Bertz CT molecular complexity index is 648. The van der Waals surface area contributed by atoms with Gasteiger partial charge < -0.3 is 9.84 Å². The Balaban J connectivity index is 1.71. The van der Waals surface area contributed by atoms with Crippen LogP contribution in [0.15, 0.2) is 28.7 Å². The lowest BCUT2D eigenvalue weighted by Gasteiger charge is -2.21. The number of hydrogen-bond donors (Lipinski definition) is 2. The van der Waals surface area contributed by atoms with E-state index in [-0.39, 0.29) is 12.5 Å². The summed E-state index contributed by atoms with van der Waals surface area (Å²) in [6.45, 7) is 2.48. The average Bonchev–Trinajstić information content (AvgIpc) is 3.01. The molecule has 1 atom stereocenters. The zero-order valence-corrected chi connectivity index (χ0v) is 15.6. The fourth-order valence-corrected chi connectivity index (χ4v) is 3.58. The van der Waals surface area contributed by atoms with Crippen LogP contribution < -0.4 is 4.74 Å².